The summed E-state index contributed by atoms with van der Waals surface area (Å²) in [5.41, 5.74) is 2.81. The molecule has 0 aliphatic carbocycles. The number of benzene rings is 2. The average Bonchev–Trinajstić information content (AvgIpc) is 2.99. The number of aryl methyl sites for hydroxylation is 1. The molecule has 0 spiro atoms. The van der Waals surface area contributed by atoms with E-state index in [1.165, 1.54) is 18.2 Å². The zero-order chi connectivity index (χ0) is 22.3. The van der Waals surface area contributed by atoms with E-state index in [0.29, 0.717) is 5.56 Å². The van der Waals surface area contributed by atoms with Gasteiger partial charge in [0.25, 0.3) is 11.8 Å². The summed E-state index contributed by atoms with van der Waals surface area (Å²) in [7, 11) is 0. The van der Waals surface area contributed by atoms with Crippen LogP contribution in [-0.2, 0) is 9.59 Å². The van der Waals surface area contributed by atoms with Gasteiger partial charge in [0.05, 0.1) is 5.69 Å². The molecule has 2 heterocycles. The minimum absolute atomic E-state index is 0.111. The standard InChI is InChI=1S/C23H18FN3O4/c1-13-10-15(14(2)26(13)18-4-3-5-19(28)12-18)11-20-21(29)25-23(31)27(22(20)30)17-8-6-16(24)7-9-17/h3-12,28H,1-2H3,(H,25,29,31)/b20-11+. The van der Waals surface area contributed by atoms with Gasteiger partial charge < -0.3 is 9.67 Å². The molecule has 7 nitrogen and oxygen atoms in total. The van der Waals surface area contributed by atoms with Crippen LogP contribution in [0.1, 0.15) is 17.0 Å². The fraction of sp³-hybridized carbons (Fsp3) is 0.0870. The maximum Gasteiger partial charge on any atom is 0.335 e. The molecule has 3 aromatic rings. The third kappa shape index (κ3) is 3.59. The molecule has 31 heavy (non-hydrogen) atoms. The number of amides is 4. The van der Waals surface area contributed by atoms with Crippen molar-refractivity contribution in [3.8, 4) is 11.4 Å². The summed E-state index contributed by atoms with van der Waals surface area (Å²) < 4.78 is 15.1. The topological polar surface area (TPSA) is 91.6 Å². The highest BCUT2D eigenvalue weighted by Crippen LogP contribution is 2.27. The number of phenolic OH excluding ortho intramolecular Hbond substituents is 1. The fourth-order valence-electron chi connectivity index (χ4n) is 3.60. The Hall–Kier alpha value is -4.20. The molecule has 1 aromatic heterocycles. The van der Waals surface area contributed by atoms with Crippen molar-refractivity contribution >= 4 is 29.6 Å². The Labute approximate surface area is 177 Å². The van der Waals surface area contributed by atoms with Crippen LogP contribution >= 0.6 is 0 Å². The van der Waals surface area contributed by atoms with Crippen molar-refractivity contribution in [1.82, 2.24) is 9.88 Å². The van der Waals surface area contributed by atoms with E-state index in [-0.39, 0.29) is 17.0 Å². The smallest absolute Gasteiger partial charge is 0.335 e. The lowest BCUT2D eigenvalue weighted by molar-refractivity contribution is -0.122. The number of nitrogens with one attached hydrogen (secondary N) is 1. The van der Waals surface area contributed by atoms with E-state index in [2.05, 4.69) is 5.32 Å². The predicted molar refractivity (Wildman–Crippen MR) is 112 cm³/mol. The molecule has 1 aliphatic heterocycles. The number of nitrogens with zero attached hydrogens (tertiary/aromatic N) is 2. The normalized spacial score (nSPS) is 15.5. The lowest BCUT2D eigenvalue weighted by atomic mass is 10.1. The second kappa shape index (κ2) is 7.56. The molecule has 0 atom stereocenters. The van der Waals surface area contributed by atoms with Crippen molar-refractivity contribution in [2.75, 3.05) is 4.90 Å². The quantitative estimate of drug-likeness (QED) is 0.501. The zero-order valence-electron chi connectivity index (χ0n) is 16.7. The average molecular weight is 419 g/mol. The lowest BCUT2D eigenvalue weighted by Gasteiger charge is -2.26. The summed E-state index contributed by atoms with van der Waals surface area (Å²) in [6.07, 6.45) is 1.42. The Balaban J connectivity index is 1.76. The van der Waals surface area contributed by atoms with Crippen molar-refractivity contribution in [1.29, 1.82) is 0 Å². The number of barbiturate groups is 1. The van der Waals surface area contributed by atoms with Crippen LogP contribution in [0.4, 0.5) is 14.9 Å². The van der Waals surface area contributed by atoms with E-state index in [0.717, 1.165) is 34.1 Å². The second-order valence-electron chi connectivity index (χ2n) is 7.12. The van der Waals surface area contributed by atoms with E-state index < -0.39 is 23.7 Å². The molecule has 156 valence electrons. The number of hydrogen-bond acceptors (Lipinski definition) is 4. The Kier molecular flexibility index (Phi) is 4.90. The molecule has 0 radical (unpaired) electrons. The molecule has 2 aromatic carbocycles. The molecule has 0 unspecified atom stereocenters. The molecule has 1 fully saturated rings. The van der Waals surface area contributed by atoms with Gasteiger partial charge in [-0.2, -0.15) is 0 Å². The van der Waals surface area contributed by atoms with E-state index in [1.54, 1.807) is 24.3 Å². The van der Waals surface area contributed by atoms with Crippen molar-refractivity contribution in [3.05, 3.63) is 82.9 Å². The Morgan fingerprint density at radius 1 is 0.968 bits per heavy atom. The predicted octanol–water partition coefficient (Wildman–Crippen LogP) is 3.61. The SMILES string of the molecule is Cc1cc(/C=C2\C(=O)NC(=O)N(c3ccc(F)cc3)C2=O)c(C)n1-c1cccc(O)c1. The van der Waals surface area contributed by atoms with Gasteiger partial charge in [0.2, 0.25) is 0 Å². The van der Waals surface area contributed by atoms with Gasteiger partial charge in [-0.3, -0.25) is 14.9 Å². The minimum atomic E-state index is -0.899. The third-order valence-electron chi connectivity index (χ3n) is 5.04. The maximum absolute atomic E-state index is 13.2. The van der Waals surface area contributed by atoms with Crippen LogP contribution in [0.25, 0.3) is 11.8 Å². The minimum Gasteiger partial charge on any atom is -0.508 e. The number of phenols is 1. The van der Waals surface area contributed by atoms with Gasteiger partial charge in [0.15, 0.2) is 0 Å². The fourth-order valence-corrected chi connectivity index (χ4v) is 3.60. The van der Waals surface area contributed by atoms with Crippen LogP contribution in [0.3, 0.4) is 0 Å². The first-order valence-corrected chi connectivity index (χ1v) is 9.41. The number of carbonyl (C=O) groups excluding carboxylic acids is 3. The van der Waals surface area contributed by atoms with Gasteiger partial charge in [0, 0.05) is 23.1 Å². The number of urea groups is 1. The zero-order valence-corrected chi connectivity index (χ0v) is 16.7. The second-order valence-corrected chi connectivity index (χ2v) is 7.12. The van der Waals surface area contributed by atoms with E-state index >= 15 is 0 Å². The van der Waals surface area contributed by atoms with Gasteiger partial charge in [-0.1, -0.05) is 6.07 Å². The first-order valence-electron chi connectivity index (χ1n) is 9.41. The molecule has 0 bridgehead atoms. The monoisotopic (exact) mass is 419 g/mol. The van der Waals surface area contributed by atoms with Gasteiger partial charge in [-0.05, 0) is 68.0 Å². The van der Waals surface area contributed by atoms with Crippen LogP contribution < -0.4 is 10.2 Å². The number of aromatic nitrogens is 1. The molecular formula is C23H18FN3O4. The lowest BCUT2D eigenvalue weighted by Crippen LogP contribution is -2.54. The van der Waals surface area contributed by atoms with Crippen molar-refractivity contribution in [2.24, 2.45) is 0 Å². The molecule has 1 saturated heterocycles. The summed E-state index contributed by atoms with van der Waals surface area (Å²) >= 11 is 0. The van der Waals surface area contributed by atoms with E-state index in [1.807, 2.05) is 24.5 Å². The van der Waals surface area contributed by atoms with Crippen molar-refractivity contribution in [3.63, 3.8) is 0 Å². The highest BCUT2D eigenvalue weighted by Gasteiger charge is 2.37. The van der Waals surface area contributed by atoms with Crippen molar-refractivity contribution < 1.29 is 23.9 Å². The third-order valence-corrected chi connectivity index (χ3v) is 5.04. The number of aromatic hydroxyl groups is 1. The molecular weight excluding hydrogens is 401 g/mol. The summed E-state index contributed by atoms with van der Waals surface area (Å²) in [4.78, 5) is 38.5. The molecule has 4 amide bonds. The highest BCUT2D eigenvalue weighted by molar-refractivity contribution is 6.39. The summed E-state index contributed by atoms with van der Waals surface area (Å²) in [6, 6.07) is 12.4. The van der Waals surface area contributed by atoms with Crippen LogP contribution in [0, 0.1) is 19.7 Å². The maximum atomic E-state index is 13.2. The molecule has 4 rings (SSSR count). The van der Waals surface area contributed by atoms with E-state index in [9.17, 15) is 23.9 Å². The van der Waals surface area contributed by atoms with Crippen LogP contribution in [0.15, 0.2) is 60.2 Å². The van der Waals surface area contributed by atoms with Crippen LogP contribution in [0.5, 0.6) is 5.75 Å². The largest absolute Gasteiger partial charge is 0.508 e. The number of imide groups is 2. The van der Waals surface area contributed by atoms with Crippen LogP contribution in [-0.4, -0.2) is 27.5 Å². The molecule has 0 saturated carbocycles. The Bertz CT molecular complexity index is 1260. The summed E-state index contributed by atoms with van der Waals surface area (Å²) in [5.74, 6) is -2.02. The Morgan fingerprint density at radius 3 is 2.35 bits per heavy atom. The van der Waals surface area contributed by atoms with Gasteiger partial charge in [-0.15, -0.1) is 0 Å². The number of hydrogen-bond donors (Lipinski definition) is 2. The van der Waals surface area contributed by atoms with E-state index in [4.69, 9.17) is 0 Å². The Morgan fingerprint density at radius 2 is 1.68 bits per heavy atom. The number of halogens is 1. The molecule has 2 N–H and O–H groups in total. The van der Waals surface area contributed by atoms with Gasteiger partial charge in [0.1, 0.15) is 17.1 Å². The number of anilines is 1. The first kappa shape index (κ1) is 20.1. The summed E-state index contributed by atoms with van der Waals surface area (Å²) in [6.45, 7) is 3.67. The van der Waals surface area contributed by atoms with Crippen molar-refractivity contribution in [2.45, 2.75) is 13.8 Å². The number of carbonyl (C=O) groups is 3. The van der Waals surface area contributed by atoms with Gasteiger partial charge >= 0.3 is 6.03 Å². The summed E-state index contributed by atoms with van der Waals surface area (Å²) in [5, 5.41) is 11.9. The molecule has 8 heteroatoms. The highest BCUT2D eigenvalue weighted by atomic mass is 19.1. The first-order chi connectivity index (χ1) is 14.8. The number of rotatable bonds is 3. The van der Waals surface area contributed by atoms with Gasteiger partial charge in [-0.25, -0.2) is 14.1 Å². The van der Waals surface area contributed by atoms with Crippen LogP contribution in [0.2, 0.25) is 0 Å². The molecule has 1 aliphatic rings.